The molecule has 0 saturated carbocycles. The van der Waals surface area contributed by atoms with Crippen molar-refractivity contribution in [2.45, 2.75) is 56.3 Å². The summed E-state index contributed by atoms with van der Waals surface area (Å²) >= 11 is 1.90. The topological polar surface area (TPSA) is 74.8 Å². The number of thioether (sulfide) groups is 1. The van der Waals surface area contributed by atoms with Crippen LogP contribution in [0.2, 0.25) is 0 Å². The predicted molar refractivity (Wildman–Crippen MR) is 218 cm³/mol. The fourth-order valence-electron chi connectivity index (χ4n) is 5.13. The van der Waals surface area contributed by atoms with Gasteiger partial charge in [-0.25, -0.2) is 8.42 Å². The third-order valence-electron chi connectivity index (χ3n) is 7.57. The maximum absolute atomic E-state index is 11.4. The average Bonchev–Trinajstić information content (AvgIpc) is 3.08. The van der Waals surface area contributed by atoms with Crippen LogP contribution >= 0.6 is 43.8 Å². The molecule has 5 rings (SSSR count). The lowest BCUT2D eigenvalue weighted by atomic mass is 10.1. The minimum absolute atomic E-state index is 0.141. The van der Waals surface area contributed by atoms with E-state index in [9.17, 15) is 8.42 Å². The van der Waals surface area contributed by atoms with Gasteiger partial charge in [0, 0.05) is 80.2 Å². The Balaban J connectivity index is 0.000000246. The Morgan fingerprint density at radius 3 is 1.47 bits per heavy atom. The summed E-state index contributed by atoms with van der Waals surface area (Å²) in [5, 5.41) is 0. The predicted octanol–water partition coefficient (Wildman–Crippen LogP) is 11.0. The zero-order valence-electron chi connectivity index (χ0n) is 29.0. The van der Waals surface area contributed by atoms with Gasteiger partial charge in [-0.2, -0.15) is 8.42 Å². The first-order valence-electron chi connectivity index (χ1n) is 16.2. The average molecular weight is 806 g/mol. The van der Waals surface area contributed by atoms with Crippen molar-refractivity contribution in [2.75, 3.05) is 22.9 Å². The summed E-state index contributed by atoms with van der Waals surface area (Å²) in [7, 11) is 6.53. The van der Waals surface area contributed by atoms with Crippen LogP contribution in [0.3, 0.4) is 0 Å². The number of anilines is 2. The van der Waals surface area contributed by atoms with Crippen LogP contribution in [0, 0.1) is 13.8 Å². The number of hydrogen-bond donors (Lipinski definition) is 0. The van der Waals surface area contributed by atoms with E-state index >= 15 is 0 Å². The van der Waals surface area contributed by atoms with E-state index in [0.717, 1.165) is 36.6 Å². The molecule has 6 nitrogen and oxygen atoms in total. The van der Waals surface area contributed by atoms with Crippen LogP contribution in [-0.4, -0.2) is 29.9 Å². The molecule has 0 aliphatic rings. The first-order valence-corrected chi connectivity index (χ1v) is 22.6. The minimum Gasteiger partial charge on any atom is -0.367 e. The van der Waals surface area contributed by atoms with Gasteiger partial charge in [-0.1, -0.05) is 78.9 Å². The van der Waals surface area contributed by atoms with Gasteiger partial charge in [-0.05, 0) is 104 Å². The highest BCUT2D eigenvalue weighted by Gasteiger charge is 2.12. The van der Waals surface area contributed by atoms with Gasteiger partial charge in [0.1, 0.15) is 0 Å². The van der Waals surface area contributed by atoms with Gasteiger partial charge >= 0.3 is 8.26 Å². The Morgan fingerprint density at radius 2 is 1.00 bits per heavy atom. The van der Waals surface area contributed by atoms with Crippen molar-refractivity contribution in [1.82, 2.24) is 0 Å². The van der Waals surface area contributed by atoms with Gasteiger partial charge < -0.3 is 9.80 Å². The van der Waals surface area contributed by atoms with Crippen LogP contribution in [0.4, 0.5) is 11.4 Å². The summed E-state index contributed by atoms with van der Waals surface area (Å²) in [6, 6.07) is 43.3. The van der Waals surface area contributed by atoms with Crippen LogP contribution in [0.1, 0.15) is 41.7 Å². The van der Waals surface area contributed by atoms with Crippen LogP contribution < -0.4 is 9.80 Å². The van der Waals surface area contributed by atoms with E-state index in [0.29, 0.717) is 6.54 Å². The number of hydrogen-bond acceptors (Lipinski definition) is 7. The molecule has 0 N–H and O–H groups in total. The van der Waals surface area contributed by atoms with Gasteiger partial charge in [0.2, 0.25) is 0 Å². The smallest absolute Gasteiger partial charge is 0.317 e. The van der Waals surface area contributed by atoms with Gasteiger partial charge in [-0.15, -0.1) is 11.8 Å². The minimum atomic E-state index is -3.72. The van der Waals surface area contributed by atoms with Gasteiger partial charge in [0.15, 0.2) is 0 Å². The molecule has 0 fully saturated rings. The van der Waals surface area contributed by atoms with E-state index in [1.807, 2.05) is 23.9 Å². The van der Waals surface area contributed by atoms with Crippen molar-refractivity contribution >= 4 is 72.5 Å². The highest BCUT2D eigenvalue weighted by atomic mass is 36.0. The van der Waals surface area contributed by atoms with Gasteiger partial charge in [-0.3, -0.25) is 0 Å². The fourth-order valence-corrected chi connectivity index (χ4v) is 6.89. The second-order valence-corrected chi connectivity index (χ2v) is 18.9. The summed E-state index contributed by atoms with van der Waals surface area (Å²) in [6.07, 6.45) is 0. The fraction of sp³-hybridized carbons (Fsp3) is 0.231. The van der Waals surface area contributed by atoms with Crippen molar-refractivity contribution in [1.29, 1.82) is 0 Å². The molecule has 5 aromatic carbocycles. The Hall–Kier alpha value is -3.18. The van der Waals surface area contributed by atoms with E-state index < -0.39 is 17.3 Å². The molecule has 0 unspecified atom stereocenters. The summed E-state index contributed by atoms with van der Waals surface area (Å²) in [5.74, 6) is 1.01. The molecule has 0 aliphatic heterocycles. The normalized spacial score (nSPS) is 11.0. The first-order chi connectivity index (χ1) is 24.1. The molecular formula is C39H43Cl3N2O4S3. The number of benzene rings is 5. The summed E-state index contributed by atoms with van der Waals surface area (Å²) in [5.41, 5.74) is 8.57. The number of nitrogens with zero attached hydrogens (tertiary/aromatic N) is 2. The van der Waals surface area contributed by atoms with E-state index in [1.165, 1.54) is 38.9 Å². The molecule has 12 heteroatoms. The first kappa shape index (κ1) is 42.2. The zero-order chi connectivity index (χ0) is 37.4. The molecule has 0 radical (unpaired) electrons. The number of halogens is 3. The van der Waals surface area contributed by atoms with Crippen molar-refractivity contribution < 1.29 is 16.8 Å². The largest absolute Gasteiger partial charge is 0.367 e. The van der Waals surface area contributed by atoms with Crippen molar-refractivity contribution in [3.63, 3.8) is 0 Å². The molecular weight excluding hydrogens is 763 g/mol. The van der Waals surface area contributed by atoms with E-state index in [2.05, 4.69) is 156 Å². The Morgan fingerprint density at radius 1 is 0.549 bits per heavy atom. The molecule has 0 aliphatic carbocycles. The van der Waals surface area contributed by atoms with Crippen LogP contribution in [0.15, 0.2) is 137 Å². The van der Waals surface area contributed by atoms with Crippen molar-refractivity contribution in [3.05, 3.63) is 155 Å². The van der Waals surface area contributed by atoms with Gasteiger partial charge in [0.25, 0.3) is 9.05 Å². The third-order valence-corrected chi connectivity index (χ3v) is 9.99. The third kappa shape index (κ3) is 16.4. The van der Waals surface area contributed by atoms with Crippen LogP contribution in [-0.2, 0) is 36.2 Å². The van der Waals surface area contributed by atoms with Crippen LogP contribution in [0.5, 0.6) is 0 Å². The maximum atomic E-state index is 11.4. The highest BCUT2D eigenvalue weighted by Crippen LogP contribution is 2.26. The molecule has 272 valence electrons. The lowest BCUT2D eigenvalue weighted by molar-refractivity contribution is 0.609. The van der Waals surface area contributed by atoms with Crippen molar-refractivity contribution in [2.24, 2.45) is 0 Å². The monoisotopic (exact) mass is 804 g/mol. The second kappa shape index (κ2) is 20.8. The standard InChI is InChI=1S/C23H25NS.C16H18ClNO2S.Cl2O2S/c1-3-24(22-13-7-9-19(2)15-22)17-21-12-8-14-23(16-21)25-18-20-10-5-4-6-11-20;1-3-18(15-8-4-6-13(2)10-15)12-14-7-5-9-16(11-14)21(17,19)20;1-5(2,3)4/h4-16H,3,17-18H2,1-2H3;4-11H,3,12H2,1-2H3;. The molecule has 0 saturated heterocycles. The van der Waals surface area contributed by atoms with E-state index in [1.54, 1.807) is 12.1 Å². The molecule has 0 spiro atoms. The van der Waals surface area contributed by atoms with Crippen LogP contribution in [0.25, 0.3) is 0 Å². The van der Waals surface area contributed by atoms with Gasteiger partial charge in [0.05, 0.1) is 4.90 Å². The lowest BCUT2D eigenvalue weighted by Gasteiger charge is -2.24. The molecule has 0 atom stereocenters. The molecule has 0 aromatic heterocycles. The quantitative estimate of drug-likeness (QED) is 0.0918. The SMILES string of the molecule is CCN(Cc1cccc(S(=O)(=O)Cl)c1)c1cccc(C)c1.CCN(Cc1cccc(SCc2ccccc2)c1)c1cccc(C)c1.O=S(=O)(Cl)Cl. The highest BCUT2D eigenvalue weighted by molar-refractivity contribution is 8.31. The molecule has 0 heterocycles. The number of aryl methyl sites for hydroxylation is 2. The lowest BCUT2D eigenvalue weighted by Crippen LogP contribution is -2.22. The van der Waals surface area contributed by atoms with Crippen molar-refractivity contribution in [3.8, 4) is 0 Å². The summed E-state index contributed by atoms with van der Waals surface area (Å²) in [4.78, 5) is 6.09. The Bertz CT molecular complexity index is 2040. The molecule has 51 heavy (non-hydrogen) atoms. The maximum Gasteiger partial charge on any atom is 0.317 e. The zero-order valence-corrected chi connectivity index (χ0v) is 33.8. The van der Waals surface area contributed by atoms with E-state index in [4.69, 9.17) is 19.1 Å². The number of rotatable bonds is 12. The Kier molecular flexibility index (Phi) is 17.2. The summed E-state index contributed by atoms with van der Waals surface area (Å²) in [6.45, 7) is 11.9. The van der Waals surface area contributed by atoms with E-state index in [-0.39, 0.29) is 4.90 Å². The molecule has 0 amide bonds. The Labute approximate surface area is 321 Å². The second-order valence-electron chi connectivity index (χ2n) is 11.6. The molecule has 0 bridgehead atoms. The molecule has 5 aromatic rings. The summed E-state index contributed by atoms with van der Waals surface area (Å²) < 4.78 is 41.1.